The van der Waals surface area contributed by atoms with E-state index in [-0.39, 0.29) is 11.4 Å². The highest BCUT2D eigenvalue weighted by atomic mass is 32.2. The fraction of sp³-hybridized carbons (Fsp3) is 0.0769. The van der Waals surface area contributed by atoms with E-state index >= 15 is 0 Å². The maximum Gasteiger partial charge on any atom is 0.236 e. The first-order chi connectivity index (χ1) is 9.48. The van der Waals surface area contributed by atoms with Gasteiger partial charge in [0.25, 0.3) is 0 Å². The standard InChI is InChI=1S/C13H10FN3O2S/c14-13-5-4-12(8-16-13)17-20(18,19)9-11-3-1-2-10(6-11)7-15/h1-6,8,17H,9H2. The van der Waals surface area contributed by atoms with Crippen LogP contribution in [0.3, 0.4) is 0 Å². The van der Waals surface area contributed by atoms with Crippen LogP contribution in [0.25, 0.3) is 0 Å². The molecule has 1 aromatic carbocycles. The number of pyridine rings is 1. The molecule has 0 aliphatic carbocycles. The summed E-state index contributed by atoms with van der Waals surface area (Å²) in [4.78, 5) is 3.36. The molecule has 1 N–H and O–H groups in total. The van der Waals surface area contributed by atoms with Gasteiger partial charge in [0.05, 0.1) is 29.3 Å². The van der Waals surface area contributed by atoms with E-state index in [1.165, 1.54) is 12.1 Å². The van der Waals surface area contributed by atoms with E-state index in [2.05, 4.69) is 9.71 Å². The molecule has 7 heteroatoms. The van der Waals surface area contributed by atoms with Gasteiger partial charge >= 0.3 is 0 Å². The molecular weight excluding hydrogens is 281 g/mol. The molecule has 0 fully saturated rings. The number of benzene rings is 1. The van der Waals surface area contributed by atoms with Crippen molar-refractivity contribution in [2.45, 2.75) is 5.75 Å². The van der Waals surface area contributed by atoms with Gasteiger partial charge in [-0.3, -0.25) is 4.72 Å². The Morgan fingerprint density at radius 2 is 2.10 bits per heavy atom. The lowest BCUT2D eigenvalue weighted by molar-refractivity contribution is 0.583. The number of nitriles is 1. The van der Waals surface area contributed by atoms with Gasteiger partial charge < -0.3 is 0 Å². The number of rotatable bonds is 4. The molecule has 20 heavy (non-hydrogen) atoms. The lowest BCUT2D eigenvalue weighted by atomic mass is 10.2. The smallest absolute Gasteiger partial charge is 0.236 e. The summed E-state index contributed by atoms with van der Waals surface area (Å²) in [6.07, 6.45) is 1.10. The van der Waals surface area contributed by atoms with Crippen molar-refractivity contribution in [3.63, 3.8) is 0 Å². The van der Waals surface area contributed by atoms with Crippen LogP contribution >= 0.6 is 0 Å². The molecular formula is C13H10FN3O2S. The van der Waals surface area contributed by atoms with Gasteiger partial charge in [-0.2, -0.15) is 9.65 Å². The quantitative estimate of drug-likeness (QED) is 0.874. The van der Waals surface area contributed by atoms with E-state index in [1.807, 2.05) is 6.07 Å². The Kier molecular flexibility index (Phi) is 3.96. The second-order valence-corrected chi connectivity index (χ2v) is 5.77. The van der Waals surface area contributed by atoms with Crippen LogP contribution in [0.1, 0.15) is 11.1 Å². The van der Waals surface area contributed by atoms with Gasteiger partial charge in [-0.1, -0.05) is 12.1 Å². The van der Waals surface area contributed by atoms with Crippen molar-refractivity contribution in [2.24, 2.45) is 0 Å². The van der Waals surface area contributed by atoms with Crippen LogP contribution in [0, 0.1) is 17.3 Å². The normalized spacial score (nSPS) is 10.8. The number of nitrogens with one attached hydrogen (secondary N) is 1. The summed E-state index contributed by atoms with van der Waals surface area (Å²) in [6, 6.07) is 10.6. The Labute approximate surface area is 115 Å². The Bertz CT molecular complexity index is 752. The molecule has 0 aliphatic heterocycles. The molecule has 0 atom stereocenters. The van der Waals surface area contributed by atoms with Crippen molar-refractivity contribution in [1.29, 1.82) is 5.26 Å². The second-order valence-electron chi connectivity index (χ2n) is 4.04. The van der Waals surface area contributed by atoms with E-state index < -0.39 is 16.0 Å². The Balaban J connectivity index is 2.15. The first-order valence-corrected chi connectivity index (χ1v) is 7.25. The first kappa shape index (κ1) is 14.0. The topological polar surface area (TPSA) is 82.8 Å². The molecule has 1 heterocycles. The third kappa shape index (κ3) is 3.76. The van der Waals surface area contributed by atoms with E-state index in [9.17, 15) is 12.8 Å². The van der Waals surface area contributed by atoms with Gasteiger partial charge in [-0.25, -0.2) is 13.4 Å². The number of sulfonamides is 1. The number of hydrogen-bond acceptors (Lipinski definition) is 4. The fourth-order valence-electron chi connectivity index (χ4n) is 1.60. The molecule has 0 saturated heterocycles. The predicted octanol–water partition coefficient (Wildman–Crippen LogP) is 2.03. The SMILES string of the molecule is N#Cc1cccc(CS(=O)(=O)Nc2ccc(F)nc2)c1. The van der Waals surface area contributed by atoms with Gasteiger partial charge in [-0.05, 0) is 29.8 Å². The number of halogens is 1. The van der Waals surface area contributed by atoms with Crippen LogP contribution < -0.4 is 4.72 Å². The van der Waals surface area contributed by atoms with Gasteiger partial charge in [0.1, 0.15) is 0 Å². The Hall–Kier alpha value is -2.46. The van der Waals surface area contributed by atoms with Crippen molar-refractivity contribution in [3.8, 4) is 6.07 Å². The Morgan fingerprint density at radius 1 is 1.30 bits per heavy atom. The molecule has 0 amide bonds. The van der Waals surface area contributed by atoms with Crippen LogP contribution in [0.5, 0.6) is 0 Å². The minimum Gasteiger partial charge on any atom is -0.282 e. The van der Waals surface area contributed by atoms with Crippen molar-refractivity contribution in [3.05, 3.63) is 59.7 Å². The predicted molar refractivity (Wildman–Crippen MR) is 71.6 cm³/mol. The highest BCUT2D eigenvalue weighted by Crippen LogP contribution is 2.13. The van der Waals surface area contributed by atoms with Crippen LogP contribution in [0.4, 0.5) is 10.1 Å². The summed E-state index contributed by atoms with van der Waals surface area (Å²) in [5.74, 6) is -0.963. The molecule has 0 aliphatic rings. The number of aromatic nitrogens is 1. The highest BCUT2D eigenvalue weighted by Gasteiger charge is 2.12. The minimum atomic E-state index is -3.65. The van der Waals surface area contributed by atoms with Gasteiger partial charge in [0.15, 0.2) is 0 Å². The van der Waals surface area contributed by atoms with Gasteiger partial charge in [0, 0.05) is 0 Å². The highest BCUT2D eigenvalue weighted by molar-refractivity contribution is 7.91. The largest absolute Gasteiger partial charge is 0.282 e. The lowest BCUT2D eigenvalue weighted by Gasteiger charge is -2.07. The summed E-state index contributed by atoms with van der Waals surface area (Å²) < 4.78 is 38.8. The first-order valence-electron chi connectivity index (χ1n) is 5.59. The summed E-state index contributed by atoms with van der Waals surface area (Å²) in [5, 5.41) is 8.76. The third-order valence-electron chi connectivity index (χ3n) is 2.41. The van der Waals surface area contributed by atoms with Crippen molar-refractivity contribution in [2.75, 3.05) is 4.72 Å². The number of nitrogens with zero attached hydrogens (tertiary/aromatic N) is 2. The lowest BCUT2D eigenvalue weighted by Crippen LogP contribution is -2.15. The maximum absolute atomic E-state index is 12.6. The molecule has 1 aromatic heterocycles. The monoisotopic (exact) mass is 291 g/mol. The van der Waals surface area contributed by atoms with Crippen LogP contribution in [-0.2, 0) is 15.8 Å². The molecule has 0 bridgehead atoms. The minimum absolute atomic E-state index is 0.183. The number of anilines is 1. The maximum atomic E-state index is 12.6. The van der Waals surface area contributed by atoms with Crippen LogP contribution in [0.2, 0.25) is 0 Å². The average molecular weight is 291 g/mol. The molecule has 0 spiro atoms. The second kappa shape index (κ2) is 5.67. The van der Waals surface area contributed by atoms with Crippen molar-refractivity contribution < 1.29 is 12.8 Å². The van der Waals surface area contributed by atoms with Crippen molar-refractivity contribution >= 4 is 15.7 Å². The molecule has 2 rings (SSSR count). The zero-order chi connectivity index (χ0) is 14.6. The van der Waals surface area contributed by atoms with Crippen LogP contribution in [0.15, 0.2) is 42.6 Å². The summed E-state index contributed by atoms with van der Waals surface area (Å²) in [7, 11) is -3.65. The molecule has 5 nitrogen and oxygen atoms in total. The van der Waals surface area contributed by atoms with E-state index in [1.54, 1.807) is 18.2 Å². The Morgan fingerprint density at radius 3 is 2.75 bits per heavy atom. The molecule has 0 saturated carbocycles. The molecule has 0 radical (unpaired) electrons. The molecule has 102 valence electrons. The summed E-state index contributed by atoms with van der Waals surface area (Å²) in [5.41, 5.74) is 1.07. The summed E-state index contributed by atoms with van der Waals surface area (Å²) in [6.45, 7) is 0. The zero-order valence-electron chi connectivity index (χ0n) is 10.2. The van der Waals surface area contributed by atoms with Crippen LogP contribution in [-0.4, -0.2) is 13.4 Å². The van der Waals surface area contributed by atoms with E-state index in [0.717, 1.165) is 12.3 Å². The summed E-state index contributed by atoms with van der Waals surface area (Å²) >= 11 is 0. The van der Waals surface area contributed by atoms with E-state index in [4.69, 9.17) is 5.26 Å². The van der Waals surface area contributed by atoms with Gasteiger partial charge in [-0.15, -0.1) is 0 Å². The van der Waals surface area contributed by atoms with Gasteiger partial charge in [0.2, 0.25) is 16.0 Å². The number of hydrogen-bond donors (Lipinski definition) is 1. The molecule has 0 unspecified atom stereocenters. The third-order valence-corrected chi connectivity index (χ3v) is 3.67. The zero-order valence-corrected chi connectivity index (χ0v) is 11.1. The average Bonchev–Trinajstić information content (AvgIpc) is 2.41. The fourth-order valence-corrected chi connectivity index (χ4v) is 2.77. The van der Waals surface area contributed by atoms with E-state index in [0.29, 0.717) is 11.1 Å². The van der Waals surface area contributed by atoms with Crippen molar-refractivity contribution in [1.82, 2.24) is 4.98 Å². The molecule has 2 aromatic rings.